The normalized spacial score (nSPS) is 19.8. The van der Waals surface area contributed by atoms with Crippen LogP contribution in [0.5, 0.6) is 0 Å². The smallest absolute Gasteiger partial charge is 0.240 e. The third-order valence-corrected chi connectivity index (χ3v) is 4.77. The van der Waals surface area contributed by atoms with E-state index in [-0.39, 0.29) is 11.0 Å². The summed E-state index contributed by atoms with van der Waals surface area (Å²) in [4.78, 5) is 2.33. The summed E-state index contributed by atoms with van der Waals surface area (Å²) in [5.41, 5.74) is 0.967. The van der Waals surface area contributed by atoms with Crippen LogP contribution in [-0.2, 0) is 14.8 Å². The number of nitrogens with one attached hydrogen (secondary N) is 2. The van der Waals surface area contributed by atoms with Crippen molar-refractivity contribution in [3.05, 3.63) is 24.3 Å². The average Bonchev–Trinajstić information content (AvgIpc) is 2.48. The Balaban J connectivity index is 2.02. The molecule has 1 unspecified atom stereocenters. The molecule has 1 aliphatic rings. The molecule has 1 fully saturated rings. The van der Waals surface area contributed by atoms with Crippen molar-refractivity contribution >= 4 is 15.7 Å². The Bertz CT molecular complexity index is 524. The molecule has 2 rings (SSSR count). The quantitative estimate of drug-likeness (QED) is 0.802. The van der Waals surface area contributed by atoms with Crippen LogP contribution in [0, 0.1) is 0 Å². The van der Waals surface area contributed by atoms with Crippen molar-refractivity contribution in [2.45, 2.75) is 11.0 Å². The highest BCUT2D eigenvalue weighted by molar-refractivity contribution is 7.89. The van der Waals surface area contributed by atoms with Gasteiger partial charge in [-0.1, -0.05) is 0 Å². The number of hydrogen-bond donors (Lipinski definition) is 2. The maximum absolute atomic E-state index is 11.6. The first-order valence-corrected chi connectivity index (χ1v) is 8.08. The molecular weight excluding hydrogens is 278 g/mol. The molecule has 7 heteroatoms. The summed E-state index contributed by atoms with van der Waals surface area (Å²) < 4.78 is 31.2. The van der Waals surface area contributed by atoms with Crippen LogP contribution in [0.1, 0.15) is 0 Å². The highest BCUT2D eigenvalue weighted by Crippen LogP contribution is 2.17. The lowest BCUT2D eigenvalue weighted by atomic mass is 10.2. The Morgan fingerprint density at radius 1 is 1.40 bits per heavy atom. The minimum atomic E-state index is -3.37. The summed E-state index contributed by atoms with van der Waals surface area (Å²) in [6.45, 7) is 3.25. The van der Waals surface area contributed by atoms with E-state index in [1.54, 1.807) is 24.3 Å². The van der Waals surface area contributed by atoms with Crippen molar-refractivity contribution in [1.82, 2.24) is 10.0 Å². The number of anilines is 1. The largest absolute Gasteiger partial charge is 0.374 e. The van der Waals surface area contributed by atoms with E-state index in [1.807, 2.05) is 7.05 Å². The van der Waals surface area contributed by atoms with Crippen molar-refractivity contribution < 1.29 is 13.2 Å². The lowest BCUT2D eigenvalue weighted by Crippen LogP contribution is -2.44. The van der Waals surface area contributed by atoms with Crippen molar-refractivity contribution in [3.63, 3.8) is 0 Å². The second kappa shape index (κ2) is 6.53. The van der Waals surface area contributed by atoms with Gasteiger partial charge >= 0.3 is 0 Å². The molecule has 0 aromatic heterocycles. The molecule has 2 N–H and O–H groups in total. The molecule has 1 atom stereocenters. The fourth-order valence-corrected chi connectivity index (χ4v) is 2.88. The molecular formula is C13H21N3O3S. The number of benzene rings is 1. The molecule has 0 radical (unpaired) electrons. The van der Waals surface area contributed by atoms with Gasteiger partial charge < -0.3 is 15.0 Å². The molecule has 1 heterocycles. The van der Waals surface area contributed by atoms with Gasteiger partial charge in [0, 0.05) is 32.4 Å². The van der Waals surface area contributed by atoms with Crippen LogP contribution >= 0.6 is 0 Å². The zero-order chi connectivity index (χ0) is 14.6. The van der Waals surface area contributed by atoms with E-state index < -0.39 is 10.0 Å². The van der Waals surface area contributed by atoms with E-state index in [4.69, 9.17) is 4.74 Å². The summed E-state index contributed by atoms with van der Waals surface area (Å²) >= 11 is 0. The van der Waals surface area contributed by atoms with E-state index in [9.17, 15) is 8.42 Å². The fourth-order valence-electron chi connectivity index (χ4n) is 2.15. The predicted molar refractivity (Wildman–Crippen MR) is 78.6 cm³/mol. The lowest BCUT2D eigenvalue weighted by molar-refractivity contribution is 0.0340. The summed E-state index contributed by atoms with van der Waals surface area (Å²) in [5, 5.41) is 3.29. The molecule has 1 aliphatic heterocycles. The standard InChI is InChI=1S/C13H21N3O3S/c1-14-20(17,18)13-5-3-11(4-6-13)16(2)10-12-9-15-7-8-19-12/h3-6,12,14-15H,7-10H2,1-2H3. The zero-order valence-electron chi connectivity index (χ0n) is 11.8. The fraction of sp³-hybridized carbons (Fsp3) is 0.538. The van der Waals surface area contributed by atoms with Gasteiger partial charge in [-0.05, 0) is 31.3 Å². The Labute approximate surface area is 120 Å². The minimum absolute atomic E-state index is 0.162. The number of sulfonamides is 1. The predicted octanol–water partition coefficient (Wildman–Crippen LogP) is 0.0193. The van der Waals surface area contributed by atoms with Crippen LogP contribution in [0.15, 0.2) is 29.2 Å². The van der Waals surface area contributed by atoms with Crippen molar-refractivity contribution in [2.24, 2.45) is 0 Å². The summed E-state index contributed by atoms with van der Waals surface area (Å²) in [5.74, 6) is 0. The highest BCUT2D eigenvalue weighted by Gasteiger charge is 2.16. The number of hydrogen-bond acceptors (Lipinski definition) is 5. The highest BCUT2D eigenvalue weighted by atomic mass is 32.2. The molecule has 0 aliphatic carbocycles. The molecule has 6 nitrogen and oxygen atoms in total. The molecule has 0 spiro atoms. The Hall–Kier alpha value is -1.15. The van der Waals surface area contributed by atoms with Gasteiger partial charge in [0.1, 0.15) is 0 Å². The van der Waals surface area contributed by atoms with Crippen molar-refractivity contribution in [2.75, 3.05) is 45.2 Å². The van der Waals surface area contributed by atoms with Gasteiger partial charge in [0.05, 0.1) is 17.6 Å². The van der Waals surface area contributed by atoms with Crippen LogP contribution in [0.25, 0.3) is 0 Å². The van der Waals surface area contributed by atoms with E-state index in [1.165, 1.54) is 7.05 Å². The van der Waals surface area contributed by atoms with Crippen LogP contribution in [-0.4, -0.2) is 54.9 Å². The lowest BCUT2D eigenvalue weighted by Gasteiger charge is -2.29. The third kappa shape index (κ3) is 3.69. The van der Waals surface area contributed by atoms with Crippen LogP contribution in [0.3, 0.4) is 0 Å². The van der Waals surface area contributed by atoms with Crippen molar-refractivity contribution in [1.29, 1.82) is 0 Å². The second-order valence-electron chi connectivity index (χ2n) is 4.78. The van der Waals surface area contributed by atoms with Crippen molar-refractivity contribution in [3.8, 4) is 0 Å². The zero-order valence-corrected chi connectivity index (χ0v) is 12.6. The Morgan fingerprint density at radius 2 is 2.10 bits per heavy atom. The van der Waals surface area contributed by atoms with Gasteiger partial charge in [-0.3, -0.25) is 0 Å². The van der Waals surface area contributed by atoms with E-state index in [0.717, 1.165) is 31.9 Å². The topological polar surface area (TPSA) is 70.7 Å². The minimum Gasteiger partial charge on any atom is -0.374 e. The molecule has 0 saturated carbocycles. The van der Waals surface area contributed by atoms with E-state index >= 15 is 0 Å². The Morgan fingerprint density at radius 3 is 2.65 bits per heavy atom. The van der Waals surface area contributed by atoms with Gasteiger partial charge in [-0.15, -0.1) is 0 Å². The van der Waals surface area contributed by atoms with Gasteiger partial charge in [0.15, 0.2) is 0 Å². The third-order valence-electron chi connectivity index (χ3n) is 3.34. The van der Waals surface area contributed by atoms with E-state index in [0.29, 0.717) is 0 Å². The van der Waals surface area contributed by atoms with Crippen LogP contribution in [0.2, 0.25) is 0 Å². The SMILES string of the molecule is CNS(=O)(=O)c1ccc(N(C)CC2CNCCO2)cc1. The first kappa shape index (κ1) is 15.2. The molecule has 112 valence electrons. The monoisotopic (exact) mass is 299 g/mol. The van der Waals surface area contributed by atoms with Crippen LogP contribution in [0.4, 0.5) is 5.69 Å². The first-order valence-electron chi connectivity index (χ1n) is 6.60. The van der Waals surface area contributed by atoms with Gasteiger partial charge in [-0.2, -0.15) is 0 Å². The summed E-state index contributed by atoms with van der Waals surface area (Å²) in [6, 6.07) is 6.83. The molecule has 1 saturated heterocycles. The summed E-state index contributed by atoms with van der Waals surface area (Å²) in [7, 11) is 0.00625. The maximum Gasteiger partial charge on any atom is 0.240 e. The number of likely N-dealkylation sites (N-methyl/N-ethyl adjacent to an activating group) is 1. The van der Waals surface area contributed by atoms with Gasteiger partial charge in [0.2, 0.25) is 10.0 Å². The molecule has 1 aromatic carbocycles. The average molecular weight is 299 g/mol. The van der Waals surface area contributed by atoms with Gasteiger partial charge in [-0.25, -0.2) is 13.1 Å². The number of nitrogens with zero attached hydrogens (tertiary/aromatic N) is 1. The first-order chi connectivity index (χ1) is 9.53. The Kier molecular flexibility index (Phi) is 4.98. The molecule has 20 heavy (non-hydrogen) atoms. The number of ether oxygens (including phenoxy) is 1. The molecule has 1 aromatic rings. The second-order valence-corrected chi connectivity index (χ2v) is 6.67. The number of rotatable bonds is 5. The molecule has 0 bridgehead atoms. The summed E-state index contributed by atoms with van der Waals surface area (Å²) in [6.07, 6.45) is 0.162. The maximum atomic E-state index is 11.6. The van der Waals surface area contributed by atoms with Crippen LogP contribution < -0.4 is 14.9 Å². The van der Waals surface area contributed by atoms with Gasteiger partial charge in [0.25, 0.3) is 0 Å². The molecule has 0 amide bonds. The number of morpholine rings is 1. The van der Waals surface area contributed by atoms with E-state index in [2.05, 4.69) is 14.9 Å².